The van der Waals surface area contributed by atoms with E-state index in [2.05, 4.69) is 39.5 Å². The number of hydrogen-bond donors (Lipinski definition) is 2. The van der Waals surface area contributed by atoms with E-state index in [0.29, 0.717) is 31.6 Å². The van der Waals surface area contributed by atoms with Crippen LogP contribution < -0.4 is 5.32 Å². The zero-order valence-corrected chi connectivity index (χ0v) is 21.6. The van der Waals surface area contributed by atoms with Gasteiger partial charge in [0.2, 0.25) is 11.8 Å². The minimum Gasteiger partial charge on any atom is -0.467 e. The van der Waals surface area contributed by atoms with Gasteiger partial charge in [0.05, 0.1) is 12.8 Å². The van der Waals surface area contributed by atoms with Gasteiger partial charge in [-0.15, -0.1) is 0 Å². The van der Waals surface area contributed by atoms with Crippen LogP contribution in [0, 0.1) is 0 Å². The second kappa shape index (κ2) is 10.5. The first kappa shape index (κ1) is 24.5. The number of aryl methyl sites for hydroxylation is 1. The number of rotatable bonds is 8. The van der Waals surface area contributed by atoms with Gasteiger partial charge in [-0.2, -0.15) is 0 Å². The second-order valence-electron chi connectivity index (χ2n) is 10.6. The van der Waals surface area contributed by atoms with Crippen LogP contribution in [-0.2, 0) is 29.0 Å². The molecule has 0 radical (unpaired) electrons. The lowest BCUT2D eigenvalue weighted by atomic mass is 9.81. The normalized spacial score (nSPS) is 19.8. The number of furan rings is 1. The van der Waals surface area contributed by atoms with Crippen LogP contribution in [0.5, 0.6) is 0 Å². The number of aromatic nitrogens is 1. The quantitative estimate of drug-likeness (QED) is 0.370. The molecule has 2 aliphatic heterocycles. The third-order valence-corrected chi connectivity index (χ3v) is 8.27. The minimum absolute atomic E-state index is 0.0381. The summed E-state index contributed by atoms with van der Waals surface area (Å²) in [6, 6.07) is 21.7. The third kappa shape index (κ3) is 4.74. The van der Waals surface area contributed by atoms with Crippen molar-refractivity contribution in [2.45, 2.75) is 50.2 Å². The molecule has 2 saturated heterocycles. The van der Waals surface area contributed by atoms with Gasteiger partial charge in [0.1, 0.15) is 17.3 Å². The Hall–Kier alpha value is -3.84. The van der Waals surface area contributed by atoms with Crippen LogP contribution in [0.2, 0.25) is 0 Å². The summed E-state index contributed by atoms with van der Waals surface area (Å²) < 4.78 is 5.63. The molecule has 7 nitrogen and oxygen atoms in total. The van der Waals surface area contributed by atoms with Crippen LogP contribution in [0.1, 0.15) is 36.1 Å². The van der Waals surface area contributed by atoms with E-state index in [1.165, 1.54) is 5.56 Å². The van der Waals surface area contributed by atoms with Crippen molar-refractivity contribution >= 4 is 22.7 Å². The number of nitrogens with one attached hydrogen (secondary N) is 2. The molecule has 0 aliphatic carbocycles. The average molecular weight is 511 g/mol. The number of benzene rings is 2. The molecule has 4 heterocycles. The van der Waals surface area contributed by atoms with Crippen LogP contribution >= 0.6 is 0 Å². The summed E-state index contributed by atoms with van der Waals surface area (Å²) in [4.78, 5) is 35.3. The molecule has 0 bridgehead atoms. The maximum absolute atomic E-state index is 14.0. The molecule has 2 N–H and O–H groups in total. The third-order valence-electron chi connectivity index (χ3n) is 8.27. The van der Waals surface area contributed by atoms with Gasteiger partial charge in [-0.25, -0.2) is 0 Å². The van der Waals surface area contributed by atoms with E-state index in [1.807, 2.05) is 53.6 Å². The van der Waals surface area contributed by atoms with Gasteiger partial charge >= 0.3 is 0 Å². The lowest BCUT2D eigenvalue weighted by Crippen LogP contribution is -2.72. The molecule has 2 fully saturated rings. The Bertz CT molecular complexity index is 1390. The predicted octanol–water partition coefficient (Wildman–Crippen LogP) is 4.30. The Morgan fingerprint density at radius 2 is 1.74 bits per heavy atom. The van der Waals surface area contributed by atoms with Crippen molar-refractivity contribution in [3.05, 3.63) is 96.1 Å². The van der Waals surface area contributed by atoms with E-state index in [0.717, 1.165) is 48.9 Å². The van der Waals surface area contributed by atoms with Gasteiger partial charge in [0.25, 0.3) is 0 Å². The first-order chi connectivity index (χ1) is 18.6. The highest BCUT2D eigenvalue weighted by atomic mass is 16.3. The molecule has 0 saturated carbocycles. The molecule has 38 heavy (non-hydrogen) atoms. The summed E-state index contributed by atoms with van der Waals surface area (Å²) in [6.45, 7) is 2.87. The predicted molar refractivity (Wildman–Crippen MR) is 146 cm³/mol. The number of nitrogens with zero attached hydrogens (tertiary/aromatic N) is 2. The highest BCUT2D eigenvalue weighted by Gasteiger charge is 2.53. The summed E-state index contributed by atoms with van der Waals surface area (Å²) >= 11 is 0. The molecule has 7 heteroatoms. The Balaban J connectivity index is 1.17. The average Bonchev–Trinajstić information content (AvgIpc) is 3.62. The summed E-state index contributed by atoms with van der Waals surface area (Å²) in [5.74, 6) is 0.616. The Morgan fingerprint density at radius 3 is 2.53 bits per heavy atom. The first-order valence-corrected chi connectivity index (χ1v) is 13.6. The van der Waals surface area contributed by atoms with E-state index < -0.39 is 11.6 Å². The number of hydrogen-bond acceptors (Lipinski definition) is 4. The SMILES string of the molecule is O=C1C(Cc2c[nH]c3ccccc23)NC(=O)C2(CCN(CCCc3ccccc3)CC2)N1Cc1ccco1. The van der Waals surface area contributed by atoms with Gasteiger partial charge in [0.15, 0.2) is 0 Å². The summed E-state index contributed by atoms with van der Waals surface area (Å²) in [6.07, 6.45) is 7.37. The lowest BCUT2D eigenvalue weighted by molar-refractivity contribution is -0.162. The Morgan fingerprint density at radius 1 is 0.947 bits per heavy atom. The largest absolute Gasteiger partial charge is 0.467 e. The monoisotopic (exact) mass is 510 g/mol. The van der Waals surface area contributed by atoms with Crippen LogP contribution in [0.4, 0.5) is 0 Å². The molecular weight excluding hydrogens is 476 g/mol. The Kier molecular flexibility index (Phi) is 6.77. The fraction of sp³-hybridized carbons (Fsp3) is 0.355. The fourth-order valence-electron chi connectivity index (χ4n) is 6.12. The molecule has 2 aromatic heterocycles. The van der Waals surface area contributed by atoms with Gasteiger partial charge in [-0.1, -0.05) is 48.5 Å². The first-order valence-electron chi connectivity index (χ1n) is 13.6. The zero-order valence-electron chi connectivity index (χ0n) is 21.6. The van der Waals surface area contributed by atoms with E-state index in [4.69, 9.17) is 4.42 Å². The summed E-state index contributed by atoms with van der Waals surface area (Å²) in [7, 11) is 0. The van der Waals surface area contributed by atoms with Gasteiger partial charge in [-0.3, -0.25) is 9.59 Å². The van der Waals surface area contributed by atoms with Gasteiger partial charge < -0.3 is 24.5 Å². The molecule has 1 atom stereocenters. The van der Waals surface area contributed by atoms with E-state index in [-0.39, 0.29) is 11.8 Å². The molecule has 1 unspecified atom stereocenters. The van der Waals surface area contributed by atoms with E-state index in [1.54, 1.807) is 6.26 Å². The van der Waals surface area contributed by atoms with Gasteiger partial charge in [0, 0.05) is 36.6 Å². The number of aromatic amines is 1. The maximum atomic E-state index is 14.0. The van der Waals surface area contributed by atoms with Crippen molar-refractivity contribution < 1.29 is 14.0 Å². The highest BCUT2D eigenvalue weighted by Crippen LogP contribution is 2.35. The summed E-state index contributed by atoms with van der Waals surface area (Å²) in [5, 5.41) is 4.21. The fourth-order valence-corrected chi connectivity index (χ4v) is 6.12. The highest BCUT2D eigenvalue weighted by molar-refractivity contribution is 6.00. The van der Waals surface area contributed by atoms with Crippen molar-refractivity contribution in [2.24, 2.45) is 0 Å². The van der Waals surface area contributed by atoms with Crippen molar-refractivity contribution in [3.63, 3.8) is 0 Å². The minimum atomic E-state index is -0.851. The lowest BCUT2D eigenvalue weighted by Gasteiger charge is -2.51. The molecule has 4 aromatic rings. The standard InChI is InChI=1S/C31H34N4O3/c36-29-28(20-24-21-32-27-13-5-4-12-26(24)27)33-30(37)31(35(29)22-25-11-7-19-38-25)14-17-34(18-15-31)16-6-10-23-8-2-1-3-9-23/h1-5,7-9,11-13,19,21,28,32H,6,10,14-18,20,22H2,(H,33,37). The molecule has 2 aromatic carbocycles. The number of amides is 2. The molecule has 2 aliphatic rings. The maximum Gasteiger partial charge on any atom is 0.246 e. The molecular formula is C31H34N4O3. The number of carbonyl (C=O) groups excluding carboxylic acids is 2. The number of carbonyl (C=O) groups is 2. The van der Waals surface area contributed by atoms with Crippen molar-refractivity contribution in [1.29, 1.82) is 0 Å². The summed E-state index contributed by atoms with van der Waals surface area (Å²) in [5.41, 5.74) is 2.56. The molecule has 2 amide bonds. The molecule has 196 valence electrons. The van der Waals surface area contributed by atoms with Gasteiger partial charge in [-0.05, 0) is 61.6 Å². The van der Waals surface area contributed by atoms with Crippen molar-refractivity contribution in [1.82, 2.24) is 20.1 Å². The number of piperidine rings is 1. The second-order valence-corrected chi connectivity index (χ2v) is 10.6. The zero-order chi connectivity index (χ0) is 26.0. The smallest absolute Gasteiger partial charge is 0.246 e. The number of para-hydroxylation sites is 1. The van der Waals surface area contributed by atoms with E-state index >= 15 is 0 Å². The molecule has 6 rings (SSSR count). The van der Waals surface area contributed by atoms with Crippen molar-refractivity contribution in [2.75, 3.05) is 19.6 Å². The number of fused-ring (bicyclic) bond motifs is 1. The van der Waals surface area contributed by atoms with Crippen LogP contribution in [0.3, 0.4) is 0 Å². The Labute approximate surface area is 222 Å². The van der Waals surface area contributed by atoms with E-state index in [9.17, 15) is 9.59 Å². The van der Waals surface area contributed by atoms with Crippen molar-refractivity contribution in [3.8, 4) is 0 Å². The van der Waals surface area contributed by atoms with Crippen LogP contribution in [-0.4, -0.2) is 57.8 Å². The molecule has 1 spiro atoms. The van der Waals surface area contributed by atoms with Crippen LogP contribution in [0.15, 0.2) is 83.6 Å². The topological polar surface area (TPSA) is 81.6 Å². The number of H-pyrrole nitrogens is 1. The van der Waals surface area contributed by atoms with Crippen LogP contribution in [0.25, 0.3) is 10.9 Å². The number of piperazine rings is 1. The number of likely N-dealkylation sites (tertiary alicyclic amines) is 1.